The van der Waals surface area contributed by atoms with Crippen LogP contribution in [0.1, 0.15) is 32.4 Å². The Bertz CT molecular complexity index is 1030. The molecule has 0 bridgehead atoms. The Hall–Kier alpha value is -0.860. The molecule has 0 aliphatic carbocycles. The molecule has 1 aliphatic heterocycles. The normalized spacial score (nSPS) is 15.1. The summed E-state index contributed by atoms with van der Waals surface area (Å²) in [6.45, 7) is 8.14. The van der Waals surface area contributed by atoms with Crippen LogP contribution in [0.3, 0.4) is 0 Å². The Balaban J connectivity index is 0.00000289. The molecule has 0 amide bonds. The van der Waals surface area contributed by atoms with E-state index in [4.69, 9.17) is 32.9 Å². The fourth-order valence-electron chi connectivity index (χ4n) is 4.22. The van der Waals surface area contributed by atoms with Gasteiger partial charge in [-0.2, -0.15) is 0 Å². The number of fused-ring (bicyclic) bond motifs is 1. The lowest BCUT2D eigenvalue weighted by atomic mass is 10.0. The van der Waals surface area contributed by atoms with Crippen molar-refractivity contribution in [2.75, 3.05) is 26.4 Å². The molecule has 0 radical (unpaired) electrons. The number of aliphatic hydroxyl groups excluding tert-OH is 1. The van der Waals surface area contributed by atoms with Crippen molar-refractivity contribution in [2.45, 2.75) is 45.8 Å². The molecule has 1 aromatic carbocycles. The molecule has 1 fully saturated rings. The minimum atomic E-state index is 0. The molecule has 0 saturated carbocycles. The van der Waals surface area contributed by atoms with Gasteiger partial charge < -0.3 is 14.4 Å². The van der Waals surface area contributed by atoms with Gasteiger partial charge in [0.1, 0.15) is 9.34 Å². The molecule has 4 rings (SSSR count). The van der Waals surface area contributed by atoms with Gasteiger partial charge in [-0.3, -0.25) is 4.90 Å². The van der Waals surface area contributed by atoms with Gasteiger partial charge in [-0.05, 0) is 38.7 Å². The van der Waals surface area contributed by atoms with Crippen LogP contribution in [-0.2, 0) is 17.8 Å². The quantitative estimate of drug-likeness (QED) is 0.390. The summed E-state index contributed by atoms with van der Waals surface area (Å²) < 4.78 is 8.51. The lowest BCUT2D eigenvalue weighted by molar-refractivity contribution is 0.0616. The number of hydrogen-bond donors (Lipinski definition) is 1. The van der Waals surface area contributed by atoms with Crippen LogP contribution in [0.4, 0.5) is 0 Å². The molecule has 5 nitrogen and oxygen atoms in total. The number of halogens is 3. The van der Waals surface area contributed by atoms with E-state index in [1.54, 1.807) is 0 Å². The second kappa shape index (κ2) is 11.5. The summed E-state index contributed by atoms with van der Waals surface area (Å²) in [5, 5.41) is 12.2. The number of aliphatic hydroxyl groups is 1. The van der Waals surface area contributed by atoms with E-state index >= 15 is 0 Å². The molecule has 1 N–H and O–H groups in total. The lowest BCUT2D eigenvalue weighted by Crippen LogP contribution is -2.33. The highest BCUT2D eigenvalue weighted by Crippen LogP contribution is 2.39. The minimum Gasteiger partial charge on any atom is -0.395 e. The highest BCUT2D eigenvalue weighted by Gasteiger charge is 2.22. The summed E-state index contributed by atoms with van der Waals surface area (Å²) in [7, 11) is 0. The zero-order chi connectivity index (χ0) is 22.0. The smallest absolute Gasteiger partial charge is 0.127 e. The third-order valence-corrected chi connectivity index (χ3v) is 7.67. The van der Waals surface area contributed by atoms with E-state index in [1.165, 1.54) is 11.3 Å². The van der Waals surface area contributed by atoms with E-state index < -0.39 is 0 Å². The highest BCUT2D eigenvalue weighted by atomic mass is 35.5. The Labute approximate surface area is 209 Å². The van der Waals surface area contributed by atoms with E-state index in [-0.39, 0.29) is 19.0 Å². The highest BCUT2D eigenvalue weighted by molar-refractivity contribution is 7.19. The number of aromatic nitrogens is 2. The first-order valence-electron chi connectivity index (χ1n) is 10.8. The predicted octanol–water partition coefficient (Wildman–Crippen LogP) is 6.12. The van der Waals surface area contributed by atoms with Crippen molar-refractivity contribution >= 4 is 57.8 Å². The van der Waals surface area contributed by atoms with E-state index in [2.05, 4.69) is 35.6 Å². The second-order valence-electron chi connectivity index (χ2n) is 8.41. The Kier molecular flexibility index (Phi) is 9.27. The molecular formula is C23H30Cl3N3O2S. The van der Waals surface area contributed by atoms with Gasteiger partial charge in [0, 0.05) is 56.0 Å². The summed E-state index contributed by atoms with van der Waals surface area (Å²) in [5.74, 6) is 0.585. The number of hydrogen-bond acceptors (Lipinski definition) is 5. The number of benzene rings is 1. The van der Waals surface area contributed by atoms with Crippen molar-refractivity contribution in [3.05, 3.63) is 39.4 Å². The standard InChI is InChI=1S/C23H29Cl2N3O2S.ClH/c1-15(2)27(8-9-29)14-20-22(25)31-23(26-20)18-13-28(12-16-6-10-30-11-7-16)21-17(18)4-3-5-19(21)24;/h3-5,13,15-16,29H,6-12,14H2,1-2H3;1H. The fraction of sp³-hybridized carbons (Fsp3) is 0.522. The van der Waals surface area contributed by atoms with Crippen LogP contribution in [0, 0.1) is 5.92 Å². The molecule has 1 saturated heterocycles. The summed E-state index contributed by atoms with van der Waals surface area (Å²) in [4.78, 5) is 7.09. The Morgan fingerprint density at radius 3 is 2.72 bits per heavy atom. The van der Waals surface area contributed by atoms with Crippen molar-refractivity contribution in [3.63, 3.8) is 0 Å². The van der Waals surface area contributed by atoms with Gasteiger partial charge >= 0.3 is 0 Å². The molecule has 9 heteroatoms. The van der Waals surface area contributed by atoms with Gasteiger partial charge in [-0.25, -0.2) is 4.98 Å². The molecule has 0 atom stereocenters. The average Bonchev–Trinajstić information content (AvgIpc) is 3.29. The van der Waals surface area contributed by atoms with Crippen molar-refractivity contribution < 1.29 is 9.84 Å². The summed E-state index contributed by atoms with van der Waals surface area (Å²) in [5.41, 5.74) is 2.99. The van der Waals surface area contributed by atoms with Crippen molar-refractivity contribution in [2.24, 2.45) is 5.92 Å². The number of nitrogens with zero attached hydrogens (tertiary/aromatic N) is 3. The number of para-hydroxylation sites is 1. The van der Waals surface area contributed by atoms with Gasteiger partial charge in [0.2, 0.25) is 0 Å². The summed E-state index contributed by atoms with van der Waals surface area (Å²) >= 11 is 14.8. The van der Waals surface area contributed by atoms with E-state index in [0.717, 1.165) is 64.8 Å². The molecule has 176 valence electrons. The zero-order valence-electron chi connectivity index (χ0n) is 18.4. The molecule has 1 aliphatic rings. The largest absolute Gasteiger partial charge is 0.395 e. The van der Waals surface area contributed by atoms with Crippen LogP contribution in [0.2, 0.25) is 9.36 Å². The van der Waals surface area contributed by atoms with Crippen molar-refractivity contribution in [1.82, 2.24) is 14.5 Å². The minimum absolute atomic E-state index is 0. The fourth-order valence-corrected chi connectivity index (χ4v) is 5.65. The predicted molar refractivity (Wildman–Crippen MR) is 136 cm³/mol. The lowest BCUT2D eigenvalue weighted by Gasteiger charge is -2.24. The Morgan fingerprint density at radius 1 is 1.28 bits per heavy atom. The van der Waals surface area contributed by atoms with Gasteiger partial charge in [-0.15, -0.1) is 23.7 Å². The maximum Gasteiger partial charge on any atom is 0.127 e. The maximum absolute atomic E-state index is 9.38. The van der Waals surface area contributed by atoms with Gasteiger partial charge in [-0.1, -0.05) is 35.3 Å². The van der Waals surface area contributed by atoms with Crippen LogP contribution in [0.15, 0.2) is 24.4 Å². The number of rotatable bonds is 8. The van der Waals surface area contributed by atoms with Crippen LogP contribution in [0.25, 0.3) is 21.5 Å². The van der Waals surface area contributed by atoms with Crippen molar-refractivity contribution in [3.8, 4) is 10.6 Å². The molecule has 0 unspecified atom stereocenters. The monoisotopic (exact) mass is 517 g/mol. The van der Waals surface area contributed by atoms with E-state index in [0.29, 0.717) is 29.4 Å². The molecule has 32 heavy (non-hydrogen) atoms. The first-order valence-corrected chi connectivity index (χ1v) is 12.4. The second-order valence-corrected chi connectivity index (χ2v) is 10.4. The third-order valence-electron chi connectivity index (χ3n) is 6.00. The molecule has 3 aromatic rings. The molecule has 0 spiro atoms. The van der Waals surface area contributed by atoms with Crippen molar-refractivity contribution in [1.29, 1.82) is 0 Å². The molecular weight excluding hydrogens is 489 g/mol. The van der Waals surface area contributed by atoms with Gasteiger partial charge in [0.25, 0.3) is 0 Å². The van der Waals surface area contributed by atoms with Gasteiger partial charge in [0.05, 0.1) is 22.8 Å². The summed E-state index contributed by atoms with van der Waals surface area (Å²) in [6, 6.07) is 6.35. The van der Waals surface area contributed by atoms with Crippen LogP contribution >= 0.6 is 46.9 Å². The molecule has 2 aromatic heterocycles. The third kappa shape index (κ3) is 5.61. The number of ether oxygens (including phenoxy) is 1. The first-order chi connectivity index (χ1) is 15.0. The van der Waals surface area contributed by atoms with Gasteiger partial charge in [0.15, 0.2) is 0 Å². The van der Waals surface area contributed by atoms with E-state index in [1.807, 2.05) is 12.1 Å². The van der Waals surface area contributed by atoms with Crippen LogP contribution in [-0.4, -0.2) is 52.0 Å². The number of thiazole rings is 1. The van der Waals surface area contributed by atoms with Crippen LogP contribution < -0.4 is 0 Å². The van der Waals surface area contributed by atoms with E-state index in [9.17, 15) is 5.11 Å². The topological polar surface area (TPSA) is 50.5 Å². The summed E-state index contributed by atoms with van der Waals surface area (Å²) in [6.07, 6.45) is 4.32. The maximum atomic E-state index is 9.38. The Morgan fingerprint density at radius 2 is 2.03 bits per heavy atom. The van der Waals surface area contributed by atoms with Crippen LogP contribution in [0.5, 0.6) is 0 Å². The zero-order valence-corrected chi connectivity index (χ0v) is 21.5. The molecule has 3 heterocycles. The average molecular weight is 519 g/mol. The SMILES string of the molecule is CC(C)N(CCO)Cc1nc(-c2cn(CC3CCOCC3)c3c(Cl)cccc23)sc1Cl.Cl. The first kappa shape index (κ1) is 25.8.